The number of nitrogens with one attached hydrogen (secondary N) is 2. The van der Waals surface area contributed by atoms with Crippen LogP contribution in [0.15, 0.2) is 35.1 Å². The number of carbonyl (C=O) groups excluding carboxylic acids is 1. The highest BCUT2D eigenvalue weighted by Gasteiger charge is 2.19. The van der Waals surface area contributed by atoms with Crippen LogP contribution in [0.4, 0.5) is 5.13 Å². The topological polar surface area (TPSA) is 101 Å². The van der Waals surface area contributed by atoms with E-state index in [4.69, 9.17) is 0 Å². The minimum Gasteiger partial charge on any atom is -0.309 e. The summed E-state index contributed by atoms with van der Waals surface area (Å²) in [5.41, 5.74) is 2.15. The second kappa shape index (κ2) is 9.51. The number of thiophene rings is 1. The fourth-order valence-electron chi connectivity index (χ4n) is 3.76. The van der Waals surface area contributed by atoms with E-state index >= 15 is 0 Å². The number of benzene rings is 1. The van der Waals surface area contributed by atoms with Crippen LogP contribution in [-0.4, -0.2) is 31.8 Å². The molecule has 1 amide bonds. The second-order valence-electron chi connectivity index (χ2n) is 7.53. The first-order valence-electron chi connectivity index (χ1n) is 10.5. The van der Waals surface area contributed by atoms with Gasteiger partial charge in [0.15, 0.2) is 0 Å². The van der Waals surface area contributed by atoms with E-state index in [2.05, 4.69) is 25.5 Å². The number of aromatic amines is 1. The molecular weight excluding hydrogens is 462 g/mol. The Labute approximate surface area is 196 Å². The van der Waals surface area contributed by atoms with Gasteiger partial charge in [-0.1, -0.05) is 41.7 Å². The van der Waals surface area contributed by atoms with Gasteiger partial charge in [0.2, 0.25) is 11.0 Å². The lowest BCUT2D eigenvalue weighted by atomic mass is 9.97. The van der Waals surface area contributed by atoms with Gasteiger partial charge in [-0.05, 0) is 31.2 Å². The molecule has 32 heavy (non-hydrogen) atoms. The number of thioether (sulfide) groups is 1. The summed E-state index contributed by atoms with van der Waals surface area (Å²) in [5, 5.41) is 13.1. The largest absolute Gasteiger partial charge is 0.309 e. The summed E-state index contributed by atoms with van der Waals surface area (Å²) in [6.45, 7) is 0. The number of aromatic nitrogens is 4. The van der Waals surface area contributed by atoms with Gasteiger partial charge in [0.05, 0.1) is 11.1 Å². The molecule has 5 rings (SSSR count). The standard InChI is InChI=1S/C22H21N5O2S3/c28-17(25-22-27-26-20(32-22)13-6-2-1-3-7-13)10-11-30-12-16-23-19(29)18-14-8-4-5-9-15(14)31-21(18)24-16/h1-3,6-7H,4-5,8-12H2,(H,23,24,29)(H,25,27,28). The number of aryl methyl sites for hydroxylation is 2. The third-order valence-corrected chi connectivity index (χ3v) is 8.32. The Morgan fingerprint density at radius 1 is 1.12 bits per heavy atom. The van der Waals surface area contributed by atoms with E-state index in [1.807, 2.05) is 30.3 Å². The highest BCUT2D eigenvalue weighted by molar-refractivity contribution is 7.98. The molecule has 0 saturated carbocycles. The van der Waals surface area contributed by atoms with Gasteiger partial charge in [-0.3, -0.25) is 9.59 Å². The summed E-state index contributed by atoms with van der Waals surface area (Å²) in [4.78, 5) is 34.6. The van der Waals surface area contributed by atoms with E-state index in [9.17, 15) is 9.59 Å². The Morgan fingerprint density at radius 2 is 1.97 bits per heavy atom. The molecule has 3 aromatic heterocycles. The molecule has 4 aromatic rings. The summed E-state index contributed by atoms with van der Waals surface area (Å²) in [6.07, 6.45) is 4.71. The van der Waals surface area contributed by atoms with E-state index in [0.29, 0.717) is 28.9 Å². The Bertz CT molecular complexity index is 1310. The maximum atomic E-state index is 12.6. The summed E-state index contributed by atoms with van der Waals surface area (Å²) in [7, 11) is 0. The molecule has 7 nitrogen and oxygen atoms in total. The third kappa shape index (κ3) is 4.62. The summed E-state index contributed by atoms with van der Waals surface area (Å²) < 4.78 is 0. The lowest BCUT2D eigenvalue weighted by Crippen LogP contribution is -2.13. The van der Waals surface area contributed by atoms with Crippen molar-refractivity contribution in [3.63, 3.8) is 0 Å². The number of hydrogen-bond acceptors (Lipinski definition) is 8. The highest BCUT2D eigenvalue weighted by atomic mass is 32.2. The number of rotatable bonds is 7. The van der Waals surface area contributed by atoms with Crippen LogP contribution in [0.1, 0.15) is 35.5 Å². The minimum absolute atomic E-state index is 0.0340. The van der Waals surface area contributed by atoms with E-state index in [1.165, 1.54) is 28.2 Å². The molecule has 1 aromatic carbocycles. The Balaban J connectivity index is 1.14. The molecule has 0 atom stereocenters. The molecule has 0 saturated heterocycles. The highest BCUT2D eigenvalue weighted by Crippen LogP contribution is 2.33. The zero-order valence-electron chi connectivity index (χ0n) is 17.2. The smallest absolute Gasteiger partial charge is 0.259 e. The molecule has 10 heteroatoms. The SMILES string of the molecule is O=C(CCSCc1nc2sc3c(c2c(=O)[nH]1)CCCC3)Nc1nnc(-c2ccccc2)s1. The predicted octanol–water partition coefficient (Wildman–Crippen LogP) is 4.64. The van der Waals surface area contributed by atoms with Gasteiger partial charge in [0, 0.05) is 22.6 Å². The molecule has 0 radical (unpaired) electrons. The van der Waals surface area contributed by atoms with Crippen LogP contribution in [0.5, 0.6) is 0 Å². The van der Waals surface area contributed by atoms with Crippen LogP contribution in [-0.2, 0) is 23.4 Å². The number of anilines is 1. The summed E-state index contributed by atoms with van der Waals surface area (Å²) >= 11 is 4.59. The van der Waals surface area contributed by atoms with Gasteiger partial charge >= 0.3 is 0 Å². The predicted molar refractivity (Wildman–Crippen MR) is 132 cm³/mol. The lowest BCUT2D eigenvalue weighted by molar-refractivity contribution is -0.115. The molecule has 3 heterocycles. The fraction of sp³-hybridized carbons (Fsp3) is 0.318. The maximum absolute atomic E-state index is 12.6. The van der Waals surface area contributed by atoms with E-state index in [1.54, 1.807) is 23.1 Å². The minimum atomic E-state index is -0.101. The first-order valence-corrected chi connectivity index (χ1v) is 13.3. The van der Waals surface area contributed by atoms with Crippen molar-refractivity contribution in [3.8, 4) is 10.6 Å². The average molecular weight is 484 g/mol. The number of carbonyl (C=O) groups is 1. The molecule has 1 aliphatic rings. The van der Waals surface area contributed by atoms with E-state index in [-0.39, 0.29) is 11.5 Å². The summed E-state index contributed by atoms with van der Waals surface area (Å²) in [5.74, 6) is 1.76. The molecule has 2 N–H and O–H groups in total. The van der Waals surface area contributed by atoms with Crippen LogP contribution in [0.3, 0.4) is 0 Å². The number of fused-ring (bicyclic) bond motifs is 3. The second-order valence-corrected chi connectivity index (χ2v) is 10.7. The quantitative estimate of drug-likeness (QED) is 0.371. The van der Waals surface area contributed by atoms with Gasteiger partial charge < -0.3 is 10.3 Å². The Morgan fingerprint density at radius 3 is 2.84 bits per heavy atom. The van der Waals surface area contributed by atoms with Crippen molar-refractivity contribution in [1.29, 1.82) is 0 Å². The zero-order valence-corrected chi connectivity index (χ0v) is 19.7. The Hall–Kier alpha value is -2.56. The van der Waals surface area contributed by atoms with Crippen molar-refractivity contribution in [1.82, 2.24) is 20.2 Å². The summed E-state index contributed by atoms with van der Waals surface area (Å²) in [6, 6.07) is 9.76. The fourth-order valence-corrected chi connectivity index (χ4v) is 6.61. The maximum Gasteiger partial charge on any atom is 0.259 e. The normalized spacial score (nSPS) is 13.2. The van der Waals surface area contributed by atoms with Gasteiger partial charge in [-0.15, -0.1) is 21.5 Å². The molecule has 1 aliphatic carbocycles. The zero-order chi connectivity index (χ0) is 21.9. The molecule has 0 fully saturated rings. The number of amides is 1. The monoisotopic (exact) mass is 483 g/mol. The Kier molecular flexibility index (Phi) is 6.33. The van der Waals surface area contributed by atoms with Crippen molar-refractivity contribution in [2.24, 2.45) is 0 Å². The van der Waals surface area contributed by atoms with Crippen LogP contribution in [0.25, 0.3) is 20.8 Å². The van der Waals surface area contributed by atoms with E-state index < -0.39 is 0 Å². The van der Waals surface area contributed by atoms with E-state index in [0.717, 1.165) is 40.1 Å². The molecule has 0 spiro atoms. The first kappa shape index (κ1) is 21.3. The van der Waals surface area contributed by atoms with Gasteiger partial charge in [-0.25, -0.2) is 4.98 Å². The molecule has 0 unspecified atom stereocenters. The van der Waals surface area contributed by atoms with Crippen LogP contribution < -0.4 is 10.9 Å². The molecule has 0 bridgehead atoms. The molecular formula is C22H21N5O2S3. The number of hydrogen-bond donors (Lipinski definition) is 2. The molecule has 0 aliphatic heterocycles. The number of nitrogens with zero attached hydrogens (tertiary/aromatic N) is 3. The van der Waals surface area contributed by atoms with Crippen molar-refractivity contribution >= 4 is 55.7 Å². The van der Waals surface area contributed by atoms with Crippen LogP contribution in [0, 0.1) is 0 Å². The van der Waals surface area contributed by atoms with Crippen molar-refractivity contribution in [3.05, 3.63) is 57.0 Å². The van der Waals surface area contributed by atoms with Gasteiger partial charge in [-0.2, -0.15) is 11.8 Å². The first-order chi connectivity index (χ1) is 15.7. The number of H-pyrrole nitrogens is 1. The van der Waals surface area contributed by atoms with Crippen LogP contribution in [0.2, 0.25) is 0 Å². The van der Waals surface area contributed by atoms with Gasteiger partial charge in [0.25, 0.3) is 5.56 Å². The van der Waals surface area contributed by atoms with Gasteiger partial charge in [0.1, 0.15) is 15.7 Å². The molecule has 164 valence electrons. The third-order valence-electron chi connectivity index (χ3n) is 5.28. The lowest BCUT2D eigenvalue weighted by Gasteiger charge is -2.09. The average Bonchev–Trinajstić information content (AvgIpc) is 3.42. The van der Waals surface area contributed by atoms with Crippen LogP contribution >= 0.6 is 34.4 Å². The van der Waals surface area contributed by atoms with Crippen molar-refractivity contribution < 1.29 is 4.79 Å². The van der Waals surface area contributed by atoms with Crippen molar-refractivity contribution in [2.75, 3.05) is 11.1 Å². The van der Waals surface area contributed by atoms with Crippen molar-refractivity contribution in [2.45, 2.75) is 37.9 Å².